The highest BCUT2D eigenvalue weighted by atomic mass is 32.2. The van der Waals surface area contributed by atoms with E-state index in [1.165, 1.54) is 12.5 Å². The first-order valence-electron chi connectivity index (χ1n) is 7.86. The number of sulfone groups is 1. The van der Waals surface area contributed by atoms with Crippen molar-refractivity contribution >= 4 is 21.2 Å². The van der Waals surface area contributed by atoms with E-state index in [2.05, 4.69) is 15.3 Å². The number of imidazole rings is 1. The molecule has 0 atom stereocenters. The normalized spacial score (nSPS) is 12.0. The van der Waals surface area contributed by atoms with Gasteiger partial charge >= 0.3 is 5.51 Å². The van der Waals surface area contributed by atoms with Gasteiger partial charge in [-0.05, 0) is 29.8 Å². The van der Waals surface area contributed by atoms with Gasteiger partial charge in [0.25, 0.3) is 15.5 Å². The third-order valence-corrected chi connectivity index (χ3v) is 5.33. The Kier molecular flexibility index (Phi) is 5.24. The van der Waals surface area contributed by atoms with Crippen molar-refractivity contribution in [3.63, 3.8) is 0 Å². The molecule has 0 aliphatic heterocycles. The van der Waals surface area contributed by atoms with Gasteiger partial charge in [0.1, 0.15) is 17.8 Å². The second-order valence-corrected chi connectivity index (χ2v) is 7.67. The molecule has 0 spiro atoms. The van der Waals surface area contributed by atoms with Crippen molar-refractivity contribution in [3.8, 4) is 5.82 Å². The second kappa shape index (κ2) is 7.50. The fourth-order valence-electron chi connectivity index (χ4n) is 2.42. The first-order chi connectivity index (χ1) is 13.6. The van der Waals surface area contributed by atoms with Gasteiger partial charge in [-0.25, -0.2) is 18.4 Å². The van der Waals surface area contributed by atoms with E-state index in [9.17, 15) is 31.7 Å². The van der Waals surface area contributed by atoms with E-state index in [-0.39, 0.29) is 12.2 Å². The predicted molar refractivity (Wildman–Crippen MR) is 95.0 cm³/mol. The molecule has 0 aliphatic rings. The molecule has 0 radical (unpaired) electrons. The summed E-state index contributed by atoms with van der Waals surface area (Å²) >= 11 is 0. The number of aromatic nitrogens is 3. The summed E-state index contributed by atoms with van der Waals surface area (Å²) in [6, 6.07) is 5.30. The third kappa shape index (κ3) is 4.18. The minimum Gasteiger partial charge on any atom is -0.375 e. The van der Waals surface area contributed by atoms with Gasteiger partial charge in [-0.1, -0.05) is 0 Å². The van der Waals surface area contributed by atoms with E-state index in [0.717, 1.165) is 6.07 Å². The largest absolute Gasteiger partial charge is 0.501 e. The average molecular weight is 427 g/mol. The van der Waals surface area contributed by atoms with Crippen molar-refractivity contribution < 1.29 is 26.5 Å². The summed E-state index contributed by atoms with van der Waals surface area (Å²) < 4.78 is 62.7. The van der Waals surface area contributed by atoms with Crippen LogP contribution in [0.2, 0.25) is 0 Å². The van der Waals surface area contributed by atoms with Gasteiger partial charge < -0.3 is 5.32 Å². The molecule has 1 aromatic carbocycles. The lowest BCUT2D eigenvalue weighted by Crippen LogP contribution is -2.23. The minimum atomic E-state index is -5.70. The number of benzene rings is 1. The van der Waals surface area contributed by atoms with Crippen molar-refractivity contribution in [2.75, 3.05) is 5.32 Å². The van der Waals surface area contributed by atoms with Crippen molar-refractivity contribution in [1.82, 2.24) is 14.5 Å². The van der Waals surface area contributed by atoms with Crippen LogP contribution in [0, 0.1) is 10.1 Å². The Labute approximate surface area is 161 Å². The summed E-state index contributed by atoms with van der Waals surface area (Å²) in [6.07, 6.45) is 6.28. The first-order valence-corrected chi connectivity index (χ1v) is 9.35. The maximum absolute atomic E-state index is 12.7. The Morgan fingerprint density at radius 2 is 1.93 bits per heavy atom. The lowest BCUT2D eigenvalue weighted by atomic mass is 10.2. The number of alkyl halides is 3. The van der Waals surface area contributed by atoms with Crippen LogP contribution in [0.5, 0.6) is 0 Å². The lowest BCUT2D eigenvalue weighted by molar-refractivity contribution is -0.384. The van der Waals surface area contributed by atoms with Crippen LogP contribution >= 0.6 is 0 Å². The fraction of sp³-hybridized carbons (Fsp3) is 0.125. The van der Waals surface area contributed by atoms with Crippen molar-refractivity contribution in [3.05, 3.63) is 70.9 Å². The highest BCUT2D eigenvalue weighted by Crippen LogP contribution is 2.34. The van der Waals surface area contributed by atoms with Crippen molar-refractivity contribution in [2.45, 2.75) is 16.9 Å². The fourth-order valence-corrected chi connectivity index (χ4v) is 3.20. The molecule has 0 amide bonds. The zero-order valence-electron chi connectivity index (χ0n) is 14.4. The summed E-state index contributed by atoms with van der Waals surface area (Å²) in [4.78, 5) is 17.1. The Hall–Kier alpha value is -3.48. The number of halogens is 3. The molecule has 152 valence electrons. The topological polar surface area (TPSA) is 120 Å². The van der Waals surface area contributed by atoms with Crippen LogP contribution in [-0.2, 0) is 16.4 Å². The minimum absolute atomic E-state index is 0.0798. The lowest BCUT2D eigenvalue weighted by Gasteiger charge is -2.11. The highest BCUT2D eigenvalue weighted by Gasteiger charge is 2.47. The molecule has 29 heavy (non-hydrogen) atoms. The van der Waals surface area contributed by atoms with Gasteiger partial charge in [-0.15, -0.1) is 0 Å². The number of nitrogens with one attached hydrogen (secondary N) is 1. The molecule has 0 saturated carbocycles. The Morgan fingerprint density at radius 1 is 1.17 bits per heavy atom. The molecule has 9 nitrogen and oxygen atoms in total. The van der Waals surface area contributed by atoms with E-state index in [1.807, 2.05) is 0 Å². The summed E-state index contributed by atoms with van der Waals surface area (Å²) in [7, 11) is -5.70. The van der Waals surface area contributed by atoms with Crippen molar-refractivity contribution in [1.29, 1.82) is 0 Å². The van der Waals surface area contributed by atoms with Crippen LogP contribution in [0.1, 0.15) is 5.56 Å². The van der Waals surface area contributed by atoms with Crippen molar-refractivity contribution in [2.24, 2.45) is 0 Å². The number of hydrogen-bond donors (Lipinski definition) is 1. The quantitative estimate of drug-likeness (QED) is 0.474. The maximum atomic E-state index is 12.7. The molecule has 0 unspecified atom stereocenters. The van der Waals surface area contributed by atoms with Crippen LogP contribution in [0.15, 0.2) is 60.1 Å². The average Bonchev–Trinajstić information content (AvgIpc) is 3.20. The van der Waals surface area contributed by atoms with E-state index in [0.29, 0.717) is 23.5 Å². The Balaban J connectivity index is 1.87. The van der Waals surface area contributed by atoms with E-state index >= 15 is 0 Å². The van der Waals surface area contributed by atoms with Gasteiger partial charge in [-0.3, -0.25) is 14.7 Å². The molecule has 13 heteroatoms. The number of nitro benzene ring substituents is 1. The zero-order chi connectivity index (χ0) is 21.2. The number of nitrogens with zero attached hydrogens (tertiary/aromatic N) is 4. The molecule has 3 aromatic rings. The number of rotatable bonds is 6. The monoisotopic (exact) mass is 427 g/mol. The Bertz CT molecular complexity index is 1150. The van der Waals surface area contributed by atoms with Crippen LogP contribution < -0.4 is 5.32 Å². The third-order valence-electron chi connectivity index (χ3n) is 3.84. The van der Waals surface area contributed by atoms with Crippen LogP contribution in [0.25, 0.3) is 5.82 Å². The molecule has 1 N–H and O–H groups in total. The SMILES string of the molecule is O=[N+]([O-])c1cc(S(=O)(=O)C(F)(F)F)ccc1NCc1ccnc(-n2ccnc2)c1. The standard InChI is InChI=1S/C16H12F3N5O4S/c17-16(18,19)29(27,28)12-1-2-13(14(8-12)24(25)26)22-9-11-3-4-21-15(7-11)23-6-5-20-10-23/h1-8,10,22H,9H2. The zero-order valence-corrected chi connectivity index (χ0v) is 15.2. The van der Waals surface area contributed by atoms with Gasteiger partial charge in [0, 0.05) is 31.2 Å². The maximum Gasteiger partial charge on any atom is 0.501 e. The predicted octanol–water partition coefficient (Wildman–Crippen LogP) is 3.08. The van der Waals surface area contributed by atoms with Gasteiger partial charge in [0.05, 0.1) is 9.82 Å². The summed E-state index contributed by atoms with van der Waals surface area (Å²) in [5.41, 5.74) is -5.81. The molecule has 3 rings (SSSR count). The first kappa shape index (κ1) is 20.3. The summed E-state index contributed by atoms with van der Waals surface area (Å²) in [5, 5.41) is 14.0. The molecule has 0 fully saturated rings. The molecular weight excluding hydrogens is 415 g/mol. The summed E-state index contributed by atoms with van der Waals surface area (Å²) in [5.74, 6) is 0.544. The van der Waals surface area contributed by atoms with Gasteiger partial charge in [-0.2, -0.15) is 13.2 Å². The molecule has 0 bridgehead atoms. The number of anilines is 1. The van der Waals surface area contributed by atoms with Crippen LogP contribution in [-0.4, -0.2) is 33.4 Å². The highest BCUT2D eigenvalue weighted by molar-refractivity contribution is 7.92. The van der Waals surface area contributed by atoms with E-state index in [1.54, 1.807) is 29.1 Å². The molecule has 2 aromatic heterocycles. The molecular formula is C16H12F3N5O4S. The molecule has 2 heterocycles. The Morgan fingerprint density at radius 3 is 2.55 bits per heavy atom. The second-order valence-electron chi connectivity index (χ2n) is 5.73. The number of nitro groups is 1. The van der Waals surface area contributed by atoms with Gasteiger partial charge in [0.2, 0.25) is 0 Å². The van der Waals surface area contributed by atoms with Crippen LogP contribution in [0.4, 0.5) is 24.5 Å². The van der Waals surface area contributed by atoms with Crippen LogP contribution in [0.3, 0.4) is 0 Å². The molecule has 0 saturated heterocycles. The van der Waals surface area contributed by atoms with E-state index < -0.39 is 30.9 Å². The smallest absolute Gasteiger partial charge is 0.375 e. The summed E-state index contributed by atoms with van der Waals surface area (Å²) in [6.45, 7) is 0.0798. The number of pyridine rings is 1. The number of hydrogen-bond acceptors (Lipinski definition) is 7. The molecule has 0 aliphatic carbocycles. The van der Waals surface area contributed by atoms with Gasteiger partial charge in [0.15, 0.2) is 0 Å². The van der Waals surface area contributed by atoms with E-state index in [4.69, 9.17) is 0 Å².